The van der Waals surface area contributed by atoms with Crippen LogP contribution in [0, 0.1) is 0 Å². The molecule has 1 aliphatic heterocycles. The lowest BCUT2D eigenvalue weighted by Gasteiger charge is -2.40. The molecule has 0 aromatic rings. The molecule has 1 atom stereocenters. The maximum Gasteiger partial charge on any atom is 0.0575 e. The predicted molar refractivity (Wildman–Crippen MR) is 49.9 cm³/mol. The van der Waals surface area contributed by atoms with Gasteiger partial charge in [-0.25, -0.2) is 0 Å². The van der Waals surface area contributed by atoms with Crippen LogP contribution in [0.3, 0.4) is 0 Å². The minimum Gasteiger partial charge on any atom is -0.302 e. The van der Waals surface area contributed by atoms with E-state index in [2.05, 4.69) is 25.7 Å². The third-order valence-corrected chi connectivity index (χ3v) is 2.56. The van der Waals surface area contributed by atoms with Gasteiger partial charge in [0.1, 0.15) is 0 Å². The molecule has 0 aliphatic carbocycles. The largest absolute Gasteiger partial charge is 0.302 e. The van der Waals surface area contributed by atoms with Gasteiger partial charge in [-0.3, -0.25) is 4.90 Å². The van der Waals surface area contributed by atoms with Crippen molar-refractivity contribution in [1.82, 2.24) is 9.96 Å². The Hall–Kier alpha value is -0.120. The summed E-state index contributed by atoms with van der Waals surface area (Å²) in [4.78, 5) is 7.71. The highest BCUT2D eigenvalue weighted by Crippen LogP contribution is 2.12. The molecule has 0 spiro atoms. The summed E-state index contributed by atoms with van der Waals surface area (Å²) in [6, 6.07) is 1.26. The van der Waals surface area contributed by atoms with Gasteiger partial charge in [-0.05, 0) is 20.8 Å². The van der Waals surface area contributed by atoms with Gasteiger partial charge in [0.2, 0.25) is 0 Å². The molecule has 0 amide bonds. The van der Waals surface area contributed by atoms with Crippen LogP contribution >= 0.6 is 0 Å². The molecule has 1 aliphatic rings. The molecule has 0 aromatic carbocycles. The first-order chi connectivity index (χ1) is 5.65. The molecule has 1 heterocycles. The van der Waals surface area contributed by atoms with E-state index in [-0.39, 0.29) is 0 Å². The zero-order valence-electron chi connectivity index (χ0n) is 8.58. The lowest BCUT2D eigenvalue weighted by molar-refractivity contribution is -0.166. The second kappa shape index (κ2) is 4.21. The molecule has 12 heavy (non-hydrogen) atoms. The molecule has 3 nitrogen and oxygen atoms in total. The molecule has 0 saturated carbocycles. The average Bonchev–Trinajstić information content (AvgIpc) is 2.03. The number of hydrogen-bond acceptors (Lipinski definition) is 3. The zero-order valence-corrected chi connectivity index (χ0v) is 8.58. The van der Waals surface area contributed by atoms with E-state index >= 15 is 0 Å². The van der Waals surface area contributed by atoms with Gasteiger partial charge >= 0.3 is 0 Å². The van der Waals surface area contributed by atoms with Crippen LogP contribution in [-0.4, -0.2) is 48.8 Å². The summed E-state index contributed by atoms with van der Waals surface area (Å²) in [6.45, 7) is 9.92. The second-order valence-corrected chi connectivity index (χ2v) is 3.75. The molecule has 0 radical (unpaired) electrons. The smallest absolute Gasteiger partial charge is 0.0575 e. The van der Waals surface area contributed by atoms with Crippen LogP contribution in [0.2, 0.25) is 0 Å². The fourth-order valence-electron chi connectivity index (χ4n) is 1.87. The van der Waals surface area contributed by atoms with Crippen molar-refractivity contribution in [2.45, 2.75) is 32.9 Å². The summed E-state index contributed by atoms with van der Waals surface area (Å²) in [5.41, 5.74) is 0. The normalized spacial score (nSPS) is 28.2. The van der Waals surface area contributed by atoms with Crippen LogP contribution in [0.15, 0.2) is 0 Å². The van der Waals surface area contributed by atoms with E-state index in [0.29, 0.717) is 12.1 Å². The zero-order chi connectivity index (χ0) is 9.14. The Morgan fingerprint density at radius 3 is 2.42 bits per heavy atom. The SMILES string of the molecule is CON1CCN(C(C)C)C(C)C1. The molecule has 1 fully saturated rings. The summed E-state index contributed by atoms with van der Waals surface area (Å²) < 4.78 is 0. The van der Waals surface area contributed by atoms with Crippen LogP contribution < -0.4 is 0 Å². The molecule has 3 heteroatoms. The molecular formula is C9H20N2O. The average molecular weight is 172 g/mol. The van der Waals surface area contributed by atoms with Gasteiger partial charge in [0, 0.05) is 31.7 Å². The van der Waals surface area contributed by atoms with E-state index < -0.39 is 0 Å². The van der Waals surface area contributed by atoms with E-state index in [0.717, 1.165) is 19.6 Å². The van der Waals surface area contributed by atoms with E-state index in [1.54, 1.807) is 7.11 Å². The number of rotatable bonds is 2. The van der Waals surface area contributed by atoms with Crippen molar-refractivity contribution in [3.8, 4) is 0 Å². The fourth-order valence-corrected chi connectivity index (χ4v) is 1.87. The Morgan fingerprint density at radius 1 is 1.33 bits per heavy atom. The first-order valence-corrected chi connectivity index (χ1v) is 4.70. The summed E-state index contributed by atoms with van der Waals surface area (Å²) in [5, 5.41) is 2.03. The van der Waals surface area contributed by atoms with Crippen molar-refractivity contribution in [2.75, 3.05) is 26.7 Å². The number of nitrogens with zero attached hydrogens (tertiary/aromatic N) is 2. The van der Waals surface area contributed by atoms with E-state index in [4.69, 9.17) is 4.84 Å². The highest BCUT2D eigenvalue weighted by molar-refractivity contribution is 4.77. The molecule has 0 N–H and O–H groups in total. The molecule has 1 unspecified atom stereocenters. The number of hydroxylamine groups is 2. The minimum atomic E-state index is 0.610. The van der Waals surface area contributed by atoms with Gasteiger partial charge in [0.15, 0.2) is 0 Å². The van der Waals surface area contributed by atoms with Crippen molar-refractivity contribution in [1.29, 1.82) is 0 Å². The van der Waals surface area contributed by atoms with Crippen LogP contribution in [0.4, 0.5) is 0 Å². The van der Waals surface area contributed by atoms with Crippen molar-refractivity contribution in [3.05, 3.63) is 0 Å². The molecule has 0 bridgehead atoms. The van der Waals surface area contributed by atoms with Gasteiger partial charge in [-0.2, -0.15) is 5.06 Å². The van der Waals surface area contributed by atoms with Gasteiger partial charge in [-0.15, -0.1) is 0 Å². The lowest BCUT2D eigenvalue weighted by Crippen LogP contribution is -2.53. The summed E-state index contributed by atoms with van der Waals surface area (Å²) in [6.07, 6.45) is 0. The Balaban J connectivity index is 2.42. The third-order valence-electron chi connectivity index (χ3n) is 2.56. The molecule has 0 aromatic heterocycles. The second-order valence-electron chi connectivity index (χ2n) is 3.75. The van der Waals surface area contributed by atoms with Crippen LogP contribution in [0.25, 0.3) is 0 Å². The summed E-state index contributed by atoms with van der Waals surface area (Å²) in [5.74, 6) is 0. The van der Waals surface area contributed by atoms with Gasteiger partial charge in [0.25, 0.3) is 0 Å². The van der Waals surface area contributed by atoms with Crippen molar-refractivity contribution < 1.29 is 4.84 Å². The maximum absolute atomic E-state index is 5.20. The maximum atomic E-state index is 5.20. The first kappa shape index (κ1) is 9.96. The summed E-state index contributed by atoms with van der Waals surface area (Å²) in [7, 11) is 1.75. The monoisotopic (exact) mass is 172 g/mol. The van der Waals surface area contributed by atoms with Crippen molar-refractivity contribution >= 4 is 0 Å². The van der Waals surface area contributed by atoms with E-state index in [9.17, 15) is 0 Å². The highest BCUT2D eigenvalue weighted by Gasteiger charge is 2.24. The van der Waals surface area contributed by atoms with Crippen LogP contribution in [-0.2, 0) is 4.84 Å². The van der Waals surface area contributed by atoms with Gasteiger partial charge in [0.05, 0.1) is 7.11 Å². The highest BCUT2D eigenvalue weighted by atomic mass is 16.7. The lowest BCUT2D eigenvalue weighted by atomic mass is 10.1. The quantitative estimate of drug-likeness (QED) is 0.617. The molecule has 72 valence electrons. The Bertz CT molecular complexity index is 138. The van der Waals surface area contributed by atoms with E-state index in [1.165, 1.54) is 0 Å². The topological polar surface area (TPSA) is 15.7 Å². The third kappa shape index (κ3) is 2.19. The Labute approximate surface area is 75.2 Å². The summed E-state index contributed by atoms with van der Waals surface area (Å²) >= 11 is 0. The standard InChI is InChI=1S/C9H20N2O/c1-8(2)11-6-5-10(12-4)7-9(11)3/h8-9H,5-7H2,1-4H3. The first-order valence-electron chi connectivity index (χ1n) is 4.70. The van der Waals surface area contributed by atoms with Crippen LogP contribution in [0.1, 0.15) is 20.8 Å². The number of piperazine rings is 1. The fraction of sp³-hybridized carbons (Fsp3) is 1.00. The van der Waals surface area contributed by atoms with Crippen LogP contribution in [0.5, 0.6) is 0 Å². The molecular weight excluding hydrogens is 152 g/mol. The molecule has 1 rings (SSSR count). The van der Waals surface area contributed by atoms with E-state index in [1.807, 2.05) is 5.06 Å². The predicted octanol–water partition coefficient (Wildman–Crippen LogP) is 0.962. The van der Waals surface area contributed by atoms with Crippen molar-refractivity contribution in [2.24, 2.45) is 0 Å². The minimum absolute atomic E-state index is 0.610. The Morgan fingerprint density at radius 2 is 2.00 bits per heavy atom. The number of hydrogen-bond donors (Lipinski definition) is 0. The molecule has 1 saturated heterocycles. The Kier molecular flexibility index (Phi) is 3.50. The van der Waals surface area contributed by atoms with Gasteiger partial charge < -0.3 is 4.84 Å². The van der Waals surface area contributed by atoms with Gasteiger partial charge in [-0.1, -0.05) is 0 Å². The van der Waals surface area contributed by atoms with Crippen molar-refractivity contribution in [3.63, 3.8) is 0 Å².